The predicted molar refractivity (Wildman–Crippen MR) is 57.9 cm³/mol. The van der Waals surface area contributed by atoms with Crippen LogP contribution in [0.25, 0.3) is 0 Å². The molecule has 0 saturated heterocycles. The van der Waals surface area contributed by atoms with Gasteiger partial charge in [-0.1, -0.05) is 12.1 Å². The molecular weight excluding hydrogens is 208 g/mol. The van der Waals surface area contributed by atoms with E-state index >= 15 is 0 Å². The van der Waals surface area contributed by atoms with Crippen molar-refractivity contribution < 1.29 is 19.4 Å². The fraction of sp³-hybridized carbons (Fsp3) is 0.417. The molecular formula is C12H14O4. The zero-order valence-corrected chi connectivity index (χ0v) is 9.10. The largest absolute Gasteiger partial charge is 0.490 e. The van der Waals surface area contributed by atoms with Gasteiger partial charge in [0, 0.05) is 0 Å². The average Bonchev–Trinajstić information content (AvgIpc) is 2.29. The van der Waals surface area contributed by atoms with Crippen molar-refractivity contribution in [1.29, 1.82) is 0 Å². The number of fused-ring (bicyclic) bond motifs is 1. The van der Waals surface area contributed by atoms with Crippen molar-refractivity contribution in [3.63, 3.8) is 0 Å². The first-order valence-corrected chi connectivity index (χ1v) is 5.32. The molecule has 0 fully saturated rings. The Balaban J connectivity index is 2.26. The lowest BCUT2D eigenvalue weighted by atomic mass is 9.96. The molecule has 1 aromatic rings. The molecule has 0 saturated carbocycles. The number of hydrogen-bond acceptors (Lipinski definition) is 3. The second-order valence-corrected chi connectivity index (χ2v) is 3.73. The van der Waals surface area contributed by atoms with E-state index in [1.54, 1.807) is 0 Å². The first-order valence-electron chi connectivity index (χ1n) is 5.32. The number of aliphatic carboxylic acids is 1. The van der Waals surface area contributed by atoms with Crippen LogP contribution >= 0.6 is 0 Å². The molecule has 0 aromatic heterocycles. The van der Waals surface area contributed by atoms with Crippen molar-refractivity contribution in [2.45, 2.75) is 13.3 Å². The molecule has 0 radical (unpaired) electrons. The van der Waals surface area contributed by atoms with Crippen molar-refractivity contribution in [2.24, 2.45) is 5.92 Å². The molecule has 0 aliphatic carbocycles. The first kappa shape index (κ1) is 10.8. The third-order valence-electron chi connectivity index (χ3n) is 2.60. The van der Waals surface area contributed by atoms with Gasteiger partial charge in [0.2, 0.25) is 0 Å². The number of rotatable bonds is 3. The van der Waals surface area contributed by atoms with Gasteiger partial charge in [0.15, 0.2) is 11.5 Å². The van der Waals surface area contributed by atoms with Crippen LogP contribution in [-0.2, 0) is 11.2 Å². The average molecular weight is 222 g/mol. The maximum Gasteiger partial charge on any atom is 0.310 e. The molecule has 1 aromatic carbocycles. The summed E-state index contributed by atoms with van der Waals surface area (Å²) in [5, 5.41) is 8.93. The van der Waals surface area contributed by atoms with Gasteiger partial charge < -0.3 is 14.6 Å². The fourth-order valence-electron chi connectivity index (χ4n) is 1.82. The number of ether oxygens (including phenoxy) is 2. The van der Waals surface area contributed by atoms with E-state index in [9.17, 15) is 4.79 Å². The van der Waals surface area contributed by atoms with Crippen molar-refractivity contribution >= 4 is 5.97 Å². The van der Waals surface area contributed by atoms with Crippen LogP contribution in [0.5, 0.6) is 11.5 Å². The summed E-state index contributed by atoms with van der Waals surface area (Å²) in [6.07, 6.45) is 0.506. The van der Waals surface area contributed by atoms with Crippen LogP contribution in [0, 0.1) is 5.92 Å². The molecule has 0 unspecified atom stereocenters. The Bertz CT molecular complexity index is 400. The van der Waals surface area contributed by atoms with Crippen molar-refractivity contribution in [2.75, 3.05) is 13.2 Å². The highest BCUT2D eigenvalue weighted by Crippen LogP contribution is 2.36. The zero-order chi connectivity index (χ0) is 11.5. The smallest absolute Gasteiger partial charge is 0.310 e. The highest BCUT2D eigenvalue weighted by molar-refractivity contribution is 5.71. The highest BCUT2D eigenvalue weighted by atomic mass is 16.5. The van der Waals surface area contributed by atoms with E-state index in [-0.39, 0.29) is 6.61 Å². The Hall–Kier alpha value is -1.71. The second kappa shape index (κ2) is 4.43. The topological polar surface area (TPSA) is 55.8 Å². The quantitative estimate of drug-likeness (QED) is 0.846. The minimum atomic E-state index is -0.813. The molecule has 0 bridgehead atoms. The van der Waals surface area contributed by atoms with Crippen molar-refractivity contribution in [1.82, 2.24) is 0 Å². The molecule has 0 amide bonds. The first-order chi connectivity index (χ1) is 7.72. The Morgan fingerprint density at radius 3 is 3.12 bits per heavy atom. The molecule has 1 aliphatic heterocycles. The van der Waals surface area contributed by atoms with Crippen LogP contribution in [0.2, 0.25) is 0 Å². The van der Waals surface area contributed by atoms with Gasteiger partial charge >= 0.3 is 5.97 Å². The van der Waals surface area contributed by atoms with Gasteiger partial charge in [-0.25, -0.2) is 0 Å². The van der Waals surface area contributed by atoms with Gasteiger partial charge in [0.1, 0.15) is 6.61 Å². The number of carbonyl (C=O) groups is 1. The maximum atomic E-state index is 10.9. The monoisotopic (exact) mass is 222 g/mol. The number of carboxylic acid groups (broad SMARTS) is 1. The van der Waals surface area contributed by atoms with Crippen LogP contribution in [0.3, 0.4) is 0 Å². The Morgan fingerprint density at radius 1 is 1.62 bits per heavy atom. The Morgan fingerprint density at radius 2 is 2.44 bits per heavy atom. The minimum absolute atomic E-state index is 0.215. The molecule has 1 aliphatic rings. The molecule has 16 heavy (non-hydrogen) atoms. The van der Waals surface area contributed by atoms with E-state index in [1.807, 2.05) is 25.1 Å². The van der Waals surface area contributed by atoms with E-state index in [0.29, 0.717) is 24.5 Å². The van der Waals surface area contributed by atoms with E-state index in [4.69, 9.17) is 14.6 Å². The lowest BCUT2D eigenvalue weighted by molar-refractivity contribution is -0.143. The van der Waals surface area contributed by atoms with Gasteiger partial charge in [-0.2, -0.15) is 0 Å². The van der Waals surface area contributed by atoms with Gasteiger partial charge in [-0.3, -0.25) is 4.79 Å². The Kier molecular flexibility index (Phi) is 2.99. The molecule has 4 nitrogen and oxygen atoms in total. The summed E-state index contributed by atoms with van der Waals surface area (Å²) in [6.45, 7) is 2.69. The number of para-hydroxylation sites is 1. The number of carboxylic acids is 1. The van der Waals surface area contributed by atoms with Crippen LogP contribution in [0.15, 0.2) is 18.2 Å². The normalized spacial score (nSPS) is 18.4. The standard InChI is InChI=1S/C12H14O4/c1-2-15-10-5-3-4-8-6-9(12(13)14)7-16-11(8)10/h3-5,9H,2,6-7H2,1H3,(H,13,14)/t9-/m1/s1. The van der Waals surface area contributed by atoms with Gasteiger partial charge in [-0.05, 0) is 25.0 Å². The van der Waals surface area contributed by atoms with Crippen LogP contribution in [0.1, 0.15) is 12.5 Å². The van der Waals surface area contributed by atoms with Gasteiger partial charge in [0.05, 0.1) is 12.5 Å². The van der Waals surface area contributed by atoms with Crippen LogP contribution in [-0.4, -0.2) is 24.3 Å². The predicted octanol–water partition coefficient (Wildman–Crippen LogP) is 1.72. The Labute approximate surface area is 93.8 Å². The summed E-state index contributed by atoms with van der Waals surface area (Å²) in [6, 6.07) is 5.58. The zero-order valence-electron chi connectivity index (χ0n) is 9.10. The molecule has 1 N–H and O–H groups in total. The van der Waals surface area contributed by atoms with E-state index in [1.165, 1.54) is 0 Å². The van der Waals surface area contributed by atoms with Crippen LogP contribution < -0.4 is 9.47 Å². The summed E-state index contributed by atoms with van der Waals surface area (Å²) in [5.74, 6) is 0.127. The molecule has 1 heterocycles. The van der Waals surface area contributed by atoms with E-state index < -0.39 is 11.9 Å². The lowest BCUT2D eigenvalue weighted by Gasteiger charge is -2.24. The van der Waals surface area contributed by atoms with Crippen LogP contribution in [0.4, 0.5) is 0 Å². The third kappa shape index (κ3) is 1.96. The number of hydrogen-bond donors (Lipinski definition) is 1. The highest BCUT2D eigenvalue weighted by Gasteiger charge is 2.27. The van der Waals surface area contributed by atoms with Gasteiger partial charge in [-0.15, -0.1) is 0 Å². The fourth-order valence-corrected chi connectivity index (χ4v) is 1.82. The third-order valence-corrected chi connectivity index (χ3v) is 2.60. The summed E-state index contributed by atoms with van der Waals surface area (Å²) >= 11 is 0. The number of benzene rings is 1. The summed E-state index contributed by atoms with van der Waals surface area (Å²) in [7, 11) is 0. The van der Waals surface area contributed by atoms with Crippen molar-refractivity contribution in [3.05, 3.63) is 23.8 Å². The SMILES string of the molecule is CCOc1cccc2c1OC[C@H](C(=O)O)C2. The maximum absolute atomic E-state index is 10.9. The summed E-state index contributed by atoms with van der Waals surface area (Å²) in [4.78, 5) is 10.9. The minimum Gasteiger partial charge on any atom is -0.490 e. The van der Waals surface area contributed by atoms with E-state index in [0.717, 1.165) is 5.56 Å². The molecule has 2 rings (SSSR count). The second-order valence-electron chi connectivity index (χ2n) is 3.73. The lowest BCUT2D eigenvalue weighted by Crippen LogP contribution is -2.28. The summed E-state index contributed by atoms with van der Waals surface area (Å²) in [5.41, 5.74) is 0.907. The molecule has 0 spiro atoms. The molecule has 4 heteroatoms. The molecule has 1 atom stereocenters. The summed E-state index contributed by atoms with van der Waals surface area (Å²) < 4.78 is 10.9. The van der Waals surface area contributed by atoms with Gasteiger partial charge in [0.25, 0.3) is 0 Å². The van der Waals surface area contributed by atoms with Crippen molar-refractivity contribution in [3.8, 4) is 11.5 Å². The molecule has 86 valence electrons. The van der Waals surface area contributed by atoms with E-state index in [2.05, 4.69) is 0 Å².